The summed E-state index contributed by atoms with van der Waals surface area (Å²) in [6.07, 6.45) is 0. The highest BCUT2D eigenvalue weighted by Gasteiger charge is 2.09. The van der Waals surface area contributed by atoms with E-state index in [1.807, 2.05) is 68.4 Å². The summed E-state index contributed by atoms with van der Waals surface area (Å²) in [5.74, 6) is -0.313. The van der Waals surface area contributed by atoms with Gasteiger partial charge in [0, 0.05) is 5.56 Å². The molecule has 0 bridgehead atoms. The van der Waals surface area contributed by atoms with Gasteiger partial charge >= 0.3 is 5.97 Å². The Labute approximate surface area is 159 Å². The standard InChI is InChI=1S/C23H22N2O2/c1-4-27-23(26)19-11-9-18(10-12-19)21-13-8-17(3)15-22(21)25-24-20-7-5-6-16(2)14-20/h5-15H,4H2,1-3H3/b25-24+. The topological polar surface area (TPSA) is 51.0 Å². The lowest BCUT2D eigenvalue weighted by molar-refractivity contribution is 0.0526. The van der Waals surface area contributed by atoms with Gasteiger partial charge in [-0.3, -0.25) is 0 Å². The molecule has 0 unspecified atom stereocenters. The molecule has 0 aliphatic carbocycles. The molecule has 3 aromatic rings. The van der Waals surface area contributed by atoms with Crippen molar-refractivity contribution in [2.24, 2.45) is 10.2 Å². The first kappa shape index (κ1) is 18.5. The Morgan fingerprint density at radius 1 is 0.889 bits per heavy atom. The Morgan fingerprint density at radius 2 is 1.63 bits per heavy atom. The molecule has 0 aliphatic heterocycles. The predicted molar refractivity (Wildman–Crippen MR) is 108 cm³/mol. The van der Waals surface area contributed by atoms with Crippen molar-refractivity contribution < 1.29 is 9.53 Å². The number of hydrogen-bond donors (Lipinski definition) is 0. The average Bonchev–Trinajstić information content (AvgIpc) is 2.67. The third-order valence-electron chi connectivity index (χ3n) is 4.14. The fourth-order valence-corrected chi connectivity index (χ4v) is 2.77. The van der Waals surface area contributed by atoms with Crippen molar-refractivity contribution in [2.75, 3.05) is 6.61 Å². The zero-order valence-electron chi connectivity index (χ0n) is 15.8. The summed E-state index contributed by atoms with van der Waals surface area (Å²) in [5, 5.41) is 8.86. The molecule has 136 valence electrons. The van der Waals surface area contributed by atoms with E-state index in [2.05, 4.69) is 10.2 Å². The number of ether oxygens (including phenoxy) is 1. The smallest absolute Gasteiger partial charge is 0.338 e. The van der Waals surface area contributed by atoms with Gasteiger partial charge < -0.3 is 4.74 Å². The van der Waals surface area contributed by atoms with E-state index in [0.29, 0.717) is 12.2 Å². The molecule has 4 heteroatoms. The largest absolute Gasteiger partial charge is 0.462 e. The van der Waals surface area contributed by atoms with E-state index in [1.165, 1.54) is 0 Å². The second-order valence-corrected chi connectivity index (χ2v) is 6.36. The van der Waals surface area contributed by atoms with Crippen LogP contribution in [-0.4, -0.2) is 12.6 Å². The first-order valence-electron chi connectivity index (χ1n) is 8.93. The Kier molecular flexibility index (Phi) is 5.77. The summed E-state index contributed by atoms with van der Waals surface area (Å²) < 4.78 is 5.04. The lowest BCUT2D eigenvalue weighted by Gasteiger charge is -2.08. The van der Waals surface area contributed by atoms with Crippen LogP contribution in [0.2, 0.25) is 0 Å². The Balaban J connectivity index is 1.93. The maximum Gasteiger partial charge on any atom is 0.338 e. The lowest BCUT2D eigenvalue weighted by Crippen LogP contribution is -2.03. The van der Waals surface area contributed by atoms with Crippen LogP contribution in [0, 0.1) is 13.8 Å². The van der Waals surface area contributed by atoms with Crippen LogP contribution in [-0.2, 0) is 4.74 Å². The molecule has 0 saturated carbocycles. The molecule has 0 amide bonds. The van der Waals surface area contributed by atoms with Crippen LogP contribution in [0.1, 0.15) is 28.4 Å². The third-order valence-corrected chi connectivity index (χ3v) is 4.14. The zero-order chi connectivity index (χ0) is 19.2. The SMILES string of the molecule is CCOC(=O)c1ccc(-c2ccc(C)cc2/N=N/c2cccc(C)c2)cc1. The molecule has 27 heavy (non-hydrogen) atoms. The molecule has 3 aromatic carbocycles. The van der Waals surface area contributed by atoms with Gasteiger partial charge in [-0.1, -0.05) is 36.4 Å². The molecule has 0 radical (unpaired) electrons. The first-order chi connectivity index (χ1) is 13.1. The van der Waals surface area contributed by atoms with Crippen LogP contribution in [0.3, 0.4) is 0 Å². The number of benzene rings is 3. The van der Waals surface area contributed by atoms with Gasteiger partial charge in [0.25, 0.3) is 0 Å². The normalized spacial score (nSPS) is 10.9. The highest BCUT2D eigenvalue weighted by molar-refractivity contribution is 5.90. The highest BCUT2D eigenvalue weighted by atomic mass is 16.5. The van der Waals surface area contributed by atoms with Gasteiger partial charge in [0.2, 0.25) is 0 Å². The summed E-state index contributed by atoms with van der Waals surface area (Å²) in [6, 6.07) is 21.4. The molecule has 0 heterocycles. The van der Waals surface area contributed by atoms with Gasteiger partial charge in [0.05, 0.1) is 23.5 Å². The molecule has 0 aromatic heterocycles. The van der Waals surface area contributed by atoms with Crippen LogP contribution in [0.5, 0.6) is 0 Å². The maximum atomic E-state index is 11.8. The molecular weight excluding hydrogens is 336 g/mol. The van der Waals surface area contributed by atoms with Gasteiger partial charge in [0.15, 0.2) is 0 Å². The third kappa shape index (κ3) is 4.67. The van der Waals surface area contributed by atoms with E-state index < -0.39 is 0 Å². The highest BCUT2D eigenvalue weighted by Crippen LogP contribution is 2.32. The number of carbonyl (C=O) groups excluding carboxylic acids is 1. The van der Waals surface area contributed by atoms with E-state index in [9.17, 15) is 4.79 Å². The summed E-state index contributed by atoms with van der Waals surface area (Å²) in [6.45, 7) is 6.22. The Hall–Kier alpha value is -3.27. The molecule has 4 nitrogen and oxygen atoms in total. The minimum atomic E-state index is -0.313. The average molecular weight is 358 g/mol. The molecule has 0 atom stereocenters. The number of rotatable bonds is 5. The van der Waals surface area contributed by atoms with Crippen molar-refractivity contribution in [3.05, 3.63) is 83.4 Å². The molecule has 0 aliphatic rings. The summed E-state index contributed by atoms with van der Waals surface area (Å²) in [7, 11) is 0. The summed E-state index contributed by atoms with van der Waals surface area (Å²) in [5.41, 5.74) is 6.34. The molecule has 0 N–H and O–H groups in total. The van der Waals surface area contributed by atoms with Crippen molar-refractivity contribution in [3.63, 3.8) is 0 Å². The van der Waals surface area contributed by atoms with Crippen LogP contribution >= 0.6 is 0 Å². The predicted octanol–water partition coefficient (Wildman–Crippen LogP) is 6.56. The number of hydrogen-bond acceptors (Lipinski definition) is 4. The summed E-state index contributed by atoms with van der Waals surface area (Å²) >= 11 is 0. The Morgan fingerprint density at radius 3 is 2.33 bits per heavy atom. The van der Waals surface area contributed by atoms with Gasteiger partial charge in [-0.2, -0.15) is 5.11 Å². The van der Waals surface area contributed by atoms with Crippen LogP contribution in [0.15, 0.2) is 77.0 Å². The number of aryl methyl sites for hydroxylation is 2. The number of nitrogens with zero attached hydrogens (tertiary/aromatic N) is 2. The number of carbonyl (C=O) groups is 1. The monoisotopic (exact) mass is 358 g/mol. The van der Waals surface area contributed by atoms with Crippen molar-refractivity contribution in [3.8, 4) is 11.1 Å². The quantitative estimate of drug-likeness (QED) is 0.383. The molecule has 0 fully saturated rings. The van der Waals surface area contributed by atoms with Gasteiger partial charge in [-0.05, 0) is 67.8 Å². The minimum Gasteiger partial charge on any atom is -0.462 e. The zero-order valence-corrected chi connectivity index (χ0v) is 15.8. The molecule has 0 saturated heterocycles. The van der Waals surface area contributed by atoms with Crippen molar-refractivity contribution >= 4 is 17.3 Å². The molecule has 0 spiro atoms. The van der Waals surface area contributed by atoms with Crippen LogP contribution in [0.4, 0.5) is 11.4 Å². The van der Waals surface area contributed by atoms with Crippen molar-refractivity contribution in [2.45, 2.75) is 20.8 Å². The van der Waals surface area contributed by atoms with E-state index in [1.54, 1.807) is 19.1 Å². The molecule has 3 rings (SSSR count). The van der Waals surface area contributed by atoms with Crippen LogP contribution in [0.25, 0.3) is 11.1 Å². The second-order valence-electron chi connectivity index (χ2n) is 6.36. The fraction of sp³-hybridized carbons (Fsp3) is 0.174. The molecular formula is C23H22N2O2. The maximum absolute atomic E-state index is 11.8. The second kappa shape index (κ2) is 8.41. The van der Waals surface area contributed by atoms with Gasteiger partial charge in [-0.25, -0.2) is 4.79 Å². The van der Waals surface area contributed by atoms with Gasteiger partial charge in [0.1, 0.15) is 0 Å². The minimum absolute atomic E-state index is 0.313. The van der Waals surface area contributed by atoms with E-state index in [0.717, 1.165) is 33.6 Å². The number of azo groups is 1. The van der Waals surface area contributed by atoms with E-state index >= 15 is 0 Å². The first-order valence-corrected chi connectivity index (χ1v) is 8.93. The summed E-state index contributed by atoms with van der Waals surface area (Å²) in [4.78, 5) is 11.8. The van der Waals surface area contributed by atoms with Gasteiger partial charge in [-0.15, -0.1) is 5.11 Å². The lowest BCUT2D eigenvalue weighted by atomic mass is 10.0. The number of esters is 1. The van der Waals surface area contributed by atoms with E-state index in [-0.39, 0.29) is 5.97 Å². The van der Waals surface area contributed by atoms with Crippen molar-refractivity contribution in [1.82, 2.24) is 0 Å². The van der Waals surface area contributed by atoms with E-state index in [4.69, 9.17) is 4.74 Å². The van der Waals surface area contributed by atoms with Crippen molar-refractivity contribution in [1.29, 1.82) is 0 Å². The fourth-order valence-electron chi connectivity index (χ4n) is 2.77. The Bertz CT molecular complexity index is 976. The van der Waals surface area contributed by atoms with Crippen LogP contribution < -0.4 is 0 Å².